The minimum atomic E-state index is -3.99. The third-order valence-corrected chi connectivity index (χ3v) is 5.19. The highest BCUT2D eigenvalue weighted by molar-refractivity contribution is 7.88. The molecule has 1 heterocycles. The van der Waals surface area contributed by atoms with E-state index in [1.165, 1.54) is 0 Å². The first kappa shape index (κ1) is 24.5. The Balaban J connectivity index is 2.43. The summed E-state index contributed by atoms with van der Waals surface area (Å²) in [6.45, 7) is 13.7. The number of amides is 2. The quantitative estimate of drug-likeness (QED) is 0.705. The molecule has 0 aliphatic carbocycles. The summed E-state index contributed by atoms with van der Waals surface area (Å²) in [5.41, 5.74) is -1.31. The van der Waals surface area contributed by atoms with Crippen LogP contribution in [-0.2, 0) is 19.7 Å². The lowest BCUT2D eigenvalue weighted by molar-refractivity contribution is 0.0164. The Kier molecular flexibility index (Phi) is 8.13. The first-order valence-corrected chi connectivity index (χ1v) is 11.0. The zero-order chi connectivity index (χ0) is 21.8. The van der Waals surface area contributed by atoms with Gasteiger partial charge in [0.05, 0.1) is 0 Å². The van der Waals surface area contributed by atoms with E-state index in [2.05, 4.69) is 4.72 Å². The fraction of sp³-hybridized carbons (Fsp3) is 0.889. The Morgan fingerprint density at radius 2 is 1.54 bits per heavy atom. The monoisotopic (exact) mass is 421 g/mol. The molecule has 9 nitrogen and oxygen atoms in total. The molecule has 0 aromatic carbocycles. The Labute approximate surface area is 168 Å². The minimum absolute atomic E-state index is 0.0519. The Hall–Kier alpha value is -1.55. The van der Waals surface area contributed by atoms with Gasteiger partial charge < -0.3 is 14.4 Å². The van der Waals surface area contributed by atoms with E-state index in [0.29, 0.717) is 13.1 Å². The fourth-order valence-corrected chi connectivity index (χ4v) is 3.65. The van der Waals surface area contributed by atoms with Crippen molar-refractivity contribution in [2.75, 3.05) is 19.6 Å². The Morgan fingerprint density at radius 1 is 1.04 bits per heavy atom. The number of rotatable bonds is 5. The molecule has 10 heteroatoms. The molecule has 2 N–H and O–H groups in total. The molecule has 164 valence electrons. The van der Waals surface area contributed by atoms with E-state index < -0.39 is 27.5 Å². The number of carbonyl (C=O) groups is 2. The van der Waals surface area contributed by atoms with E-state index >= 15 is 0 Å². The molecular formula is C18H35N3O6S. The number of piperidine rings is 1. The number of ether oxygens (including phenoxy) is 2. The maximum absolute atomic E-state index is 12.1. The van der Waals surface area contributed by atoms with E-state index in [-0.39, 0.29) is 24.5 Å². The zero-order valence-electron chi connectivity index (χ0n) is 18.0. The van der Waals surface area contributed by atoms with Gasteiger partial charge in [0, 0.05) is 19.6 Å². The maximum atomic E-state index is 12.1. The molecule has 0 radical (unpaired) electrons. The summed E-state index contributed by atoms with van der Waals surface area (Å²) in [6.07, 6.45) is 0.197. The van der Waals surface area contributed by atoms with Crippen molar-refractivity contribution in [3.63, 3.8) is 0 Å². The largest absolute Gasteiger partial charge is 0.444 e. The lowest BCUT2D eigenvalue weighted by Gasteiger charge is -2.35. The lowest BCUT2D eigenvalue weighted by atomic mass is 9.85. The van der Waals surface area contributed by atoms with Crippen molar-refractivity contribution in [1.29, 1.82) is 0 Å². The summed E-state index contributed by atoms with van der Waals surface area (Å²) in [4.78, 5) is 25.4. The number of nitrogens with zero attached hydrogens (tertiary/aromatic N) is 1. The average Bonchev–Trinajstić information content (AvgIpc) is 2.48. The van der Waals surface area contributed by atoms with Crippen LogP contribution in [0.4, 0.5) is 9.59 Å². The molecule has 0 aromatic heterocycles. The second-order valence-electron chi connectivity index (χ2n) is 9.24. The van der Waals surface area contributed by atoms with Crippen LogP contribution in [0.1, 0.15) is 61.3 Å². The van der Waals surface area contributed by atoms with Crippen molar-refractivity contribution in [2.24, 2.45) is 11.8 Å². The van der Waals surface area contributed by atoms with Crippen LogP contribution in [-0.4, -0.2) is 56.3 Å². The molecule has 1 aliphatic heterocycles. The van der Waals surface area contributed by atoms with Gasteiger partial charge in [-0.2, -0.15) is 13.1 Å². The number of hydrogen-bond donors (Lipinski definition) is 2. The van der Waals surface area contributed by atoms with Crippen LogP contribution < -0.4 is 9.44 Å². The standard InChI is InChI=1S/C18H35N3O6S/c1-13(12-19-28(24,25)20-15(22)26-17(2,3)4)14-8-10-21(11-9-14)16(23)27-18(5,6)7/h13-14,19H,8-12H2,1-7H3,(H,20,22). The highest BCUT2D eigenvalue weighted by Gasteiger charge is 2.30. The fourth-order valence-electron chi connectivity index (χ4n) is 2.83. The molecule has 1 aliphatic rings. The third kappa shape index (κ3) is 9.59. The van der Waals surface area contributed by atoms with Crippen LogP contribution in [0.25, 0.3) is 0 Å². The summed E-state index contributed by atoms with van der Waals surface area (Å²) < 4.78 is 38.6. The molecule has 0 saturated carbocycles. The van der Waals surface area contributed by atoms with Gasteiger partial charge in [-0.15, -0.1) is 0 Å². The van der Waals surface area contributed by atoms with E-state index in [1.54, 1.807) is 25.7 Å². The molecule has 2 amide bonds. The molecule has 0 spiro atoms. The summed E-state index contributed by atoms with van der Waals surface area (Å²) in [5.74, 6) is 0.318. The van der Waals surface area contributed by atoms with Crippen molar-refractivity contribution in [3.05, 3.63) is 0 Å². The second kappa shape index (κ2) is 9.30. The van der Waals surface area contributed by atoms with Crippen molar-refractivity contribution < 1.29 is 27.5 Å². The third-order valence-electron chi connectivity index (χ3n) is 4.21. The first-order chi connectivity index (χ1) is 12.6. The first-order valence-electron chi connectivity index (χ1n) is 9.56. The number of nitrogens with one attached hydrogen (secondary N) is 2. The van der Waals surface area contributed by atoms with Crippen molar-refractivity contribution in [2.45, 2.75) is 72.5 Å². The van der Waals surface area contributed by atoms with Gasteiger partial charge in [0.1, 0.15) is 11.2 Å². The molecule has 1 fully saturated rings. The number of carbonyl (C=O) groups excluding carboxylic acids is 2. The lowest BCUT2D eigenvalue weighted by Crippen LogP contribution is -2.46. The van der Waals surface area contributed by atoms with E-state index in [1.807, 2.05) is 32.4 Å². The smallest absolute Gasteiger partial charge is 0.422 e. The van der Waals surface area contributed by atoms with E-state index in [0.717, 1.165) is 12.8 Å². The van der Waals surface area contributed by atoms with Crippen LogP contribution >= 0.6 is 0 Å². The van der Waals surface area contributed by atoms with Gasteiger partial charge in [-0.25, -0.2) is 14.3 Å². The molecule has 1 atom stereocenters. The highest BCUT2D eigenvalue weighted by atomic mass is 32.2. The van der Waals surface area contributed by atoms with Crippen LogP contribution in [0.5, 0.6) is 0 Å². The van der Waals surface area contributed by atoms with Gasteiger partial charge in [0.25, 0.3) is 0 Å². The minimum Gasteiger partial charge on any atom is -0.444 e. The van der Waals surface area contributed by atoms with Gasteiger partial charge in [-0.05, 0) is 66.2 Å². The topological polar surface area (TPSA) is 114 Å². The van der Waals surface area contributed by atoms with Crippen LogP contribution in [0.3, 0.4) is 0 Å². The average molecular weight is 422 g/mol. The molecular weight excluding hydrogens is 386 g/mol. The zero-order valence-corrected chi connectivity index (χ0v) is 18.8. The SMILES string of the molecule is CC(CNS(=O)(=O)NC(=O)OC(C)(C)C)C1CCN(C(=O)OC(C)(C)C)CC1. The van der Waals surface area contributed by atoms with Gasteiger partial charge in [0.2, 0.25) is 0 Å². The Morgan fingerprint density at radius 3 is 2.00 bits per heavy atom. The summed E-state index contributed by atoms with van der Waals surface area (Å²) >= 11 is 0. The molecule has 1 unspecified atom stereocenters. The second-order valence-corrected chi connectivity index (χ2v) is 10.7. The maximum Gasteiger partial charge on any atom is 0.422 e. The summed E-state index contributed by atoms with van der Waals surface area (Å²) in [5, 5.41) is 0. The number of likely N-dealkylation sites (tertiary alicyclic amines) is 1. The van der Waals surface area contributed by atoms with Crippen molar-refractivity contribution >= 4 is 22.4 Å². The van der Waals surface area contributed by atoms with E-state index in [9.17, 15) is 18.0 Å². The van der Waals surface area contributed by atoms with Crippen LogP contribution in [0.2, 0.25) is 0 Å². The molecule has 1 rings (SSSR count). The van der Waals surface area contributed by atoms with Crippen molar-refractivity contribution in [3.8, 4) is 0 Å². The van der Waals surface area contributed by atoms with Crippen LogP contribution in [0.15, 0.2) is 0 Å². The molecule has 0 aromatic rings. The predicted molar refractivity (Wildman–Crippen MR) is 106 cm³/mol. The Bertz CT molecular complexity index is 643. The predicted octanol–water partition coefficient (Wildman–Crippen LogP) is 2.63. The number of hydrogen-bond acceptors (Lipinski definition) is 6. The highest BCUT2D eigenvalue weighted by Crippen LogP contribution is 2.25. The van der Waals surface area contributed by atoms with Gasteiger partial charge in [-0.1, -0.05) is 6.92 Å². The van der Waals surface area contributed by atoms with E-state index in [4.69, 9.17) is 9.47 Å². The van der Waals surface area contributed by atoms with Gasteiger partial charge in [-0.3, -0.25) is 0 Å². The molecule has 1 saturated heterocycles. The van der Waals surface area contributed by atoms with Crippen molar-refractivity contribution in [1.82, 2.24) is 14.3 Å². The van der Waals surface area contributed by atoms with Gasteiger partial charge in [0.15, 0.2) is 0 Å². The molecule has 28 heavy (non-hydrogen) atoms. The molecule has 0 bridgehead atoms. The summed E-state index contributed by atoms with van der Waals surface area (Å²) in [6, 6.07) is 0. The van der Waals surface area contributed by atoms with Crippen LogP contribution in [0, 0.1) is 11.8 Å². The normalized spacial score (nSPS) is 17.8. The summed E-state index contributed by atoms with van der Waals surface area (Å²) in [7, 11) is -3.99. The van der Waals surface area contributed by atoms with Gasteiger partial charge >= 0.3 is 22.4 Å².